The van der Waals surface area contributed by atoms with E-state index in [1.807, 2.05) is 6.07 Å². The molecule has 0 amide bonds. The number of rotatable bonds is 7. The molecule has 1 aliphatic rings. The summed E-state index contributed by atoms with van der Waals surface area (Å²) in [6.07, 6.45) is 2.33. The summed E-state index contributed by atoms with van der Waals surface area (Å²) in [6.45, 7) is 3.12. The van der Waals surface area contributed by atoms with Crippen molar-refractivity contribution in [3.63, 3.8) is 0 Å². The molecular formula is C26H30N2O. The Morgan fingerprint density at radius 2 is 1.52 bits per heavy atom. The molecule has 0 bridgehead atoms. The average Bonchev–Trinajstić information content (AvgIpc) is 2.80. The van der Waals surface area contributed by atoms with E-state index in [9.17, 15) is 0 Å². The molecule has 1 unspecified atom stereocenters. The van der Waals surface area contributed by atoms with Gasteiger partial charge in [0.25, 0.3) is 0 Å². The molecule has 0 radical (unpaired) electrons. The van der Waals surface area contributed by atoms with Gasteiger partial charge in [-0.3, -0.25) is 4.90 Å². The number of likely N-dealkylation sites (tertiary alicyclic amines) is 1. The minimum Gasteiger partial charge on any atom is -0.497 e. The first-order valence-electron chi connectivity index (χ1n) is 10.5. The second-order valence-corrected chi connectivity index (χ2v) is 7.77. The summed E-state index contributed by atoms with van der Waals surface area (Å²) in [7, 11) is 1.74. The zero-order valence-corrected chi connectivity index (χ0v) is 17.1. The average molecular weight is 387 g/mol. The Hall–Kier alpha value is -2.62. The molecule has 1 saturated heterocycles. The van der Waals surface area contributed by atoms with Gasteiger partial charge in [-0.05, 0) is 41.7 Å². The van der Waals surface area contributed by atoms with Crippen LogP contribution in [0.25, 0.3) is 0 Å². The van der Waals surface area contributed by atoms with Crippen LogP contribution in [0.3, 0.4) is 0 Å². The molecule has 3 nitrogen and oxygen atoms in total. The summed E-state index contributed by atoms with van der Waals surface area (Å²) in [5, 5.41) is 3.75. The first-order chi connectivity index (χ1) is 14.3. The molecule has 29 heavy (non-hydrogen) atoms. The van der Waals surface area contributed by atoms with Gasteiger partial charge in [0.1, 0.15) is 5.75 Å². The summed E-state index contributed by atoms with van der Waals surface area (Å²) >= 11 is 0. The predicted octanol–water partition coefficient (Wildman–Crippen LogP) is 5.04. The van der Waals surface area contributed by atoms with Crippen LogP contribution in [0.2, 0.25) is 0 Å². The summed E-state index contributed by atoms with van der Waals surface area (Å²) in [5.41, 5.74) is 4.00. The van der Waals surface area contributed by atoms with Gasteiger partial charge in [-0.2, -0.15) is 0 Å². The molecule has 150 valence electrons. The minimum absolute atomic E-state index is 0.265. The van der Waals surface area contributed by atoms with Gasteiger partial charge >= 0.3 is 0 Å². The third-order valence-electron chi connectivity index (χ3n) is 5.86. The van der Waals surface area contributed by atoms with Crippen molar-refractivity contribution in [1.82, 2.24) is 10.2 Å². The van der Waals surface area contributed by atoms with Crippen LogP contribution in [0.5, 0.6) is 5.75 Å². The molecule has 3 aromatic carbocycles. The van der Waals surface area contributed by atoms with Gasteiger partial charge in [0.2, 0.25) is 0 Å². The maximum Gasteiger partial charge on any atom is 0.119 e. The molecule has 3 aromatic rings. The zero-order chi connectivity index (χ0) is 19.9. The second kappa shape index (κ2) is 9.73. The lowest BCUT2D eigenvalue weighted by Gasteiger charge is -2.38. The van der Waals surface area contributed by atoms with Crippen LogP contribution >= 0.6 is 0 Å². The van der Waals surface area contributed by atoms with Crippen molar-refractivity contribution in [1.29, 1.82) is 0 Å². The van der Waals surface area contributed by atoms with Crippen LogP contribution in [-0.4, -0.2) is 31.1 Å². The monoisotopic (exact) mass is 386 g/mol. The SMILES string of the molecule is COc1cccc(C(c2ccccc2)N2CCC(NCc3ccccc3)CC2)c1. The van der Waals surface area contributed by atoms with Crippen molar-refractivity contribution >= 4 is 0 Å². The number of ether oxygens (including phenoxy) is 1. The van der Waals surface area contributed by atoms with Crippen molar-refractivity contribution in [2.45, 2.75) is 31.5 Å². The van der Waals surface area contributed by atoms with E-state index in [0.717, 1.165) is 25.4 Å². The van der Waals surface area contributed by atoms with Crippen LogP contribution < -0.4 is 10.1 Å². The Morgan fingerprint density at radius 3 is 2.21 bits per heavy atom. The van der Waals surface area contributed by atoms with Gasteiger partial charge < -0.3 is 10.1 Å². The summed E-state index contributed by atoms with van der Waals surface area (Å²) in [6, 6.07) is 30.9. The molecule has 0 saturated carbocycles. The van der Waals surface area contributed by atoms with E-state index in [4.69, 9.17) is 4.74 Å². The van der Waals surface area contributed by atoms with Crippen molar-refractivity contribution < 1.29 is 4.74 Å². The van der Waals surface area contributed by atoms with Crippen LogP contribution in [0.1, 0.15) is 35.6 Å². The maximum atomic E-state index is 5.49. The maximum absolute atomic E-state index is 5.49. The number of nitrogens with one attached hydrogen (secondary N) is 1. The molecular weight excluding hydrogens is 356 g/mol. The summed E-state index contributed by atoms with van der Waals surface area (Å²) < 4.78 is 5.49. The lowest BCUT2D eigenvalue weighted by atomic mass is 9.93. The number of piperidine rings is 1. The number of hydrogen-bond donors (Lipinski definition) is 1. The lowest BCUT2D eigenvalue weighted by molar-refractivity contribution is 0.162. The predicted molar refractivity (Wildman–Crippen MR) is 119 cm³/mol. The molecule has 1 fully saturated rings. The Morgan fingerprint density at radius 1 is 0.862 bits per heavy atom. The number of benzene rings is 3. The molecule has 1 atom stereocenters. The Labute approximate surface area is 174 Å². The topological polar surface area (TPSA) is 24.5 Å². The van der Waals surface area contributed by atoms with E-state index in [1.165, 1.54) is 29.5 Å². The van der Waals surface area contributed by atoms with Gasteiger partial charge in [0, 0.05) is 25.7 Å². The molecule has 0 aliphatic carbocycles. The van der Waals surface area contributed by atoms with E-state index < -0.39 is 0 Å². The van der Waals surface area contributed by atoms with Crippen molar-refractivity contribution in [2.24, 2.45) is 0 Å². The molecule has 0 spiro atoms. The Balaban J connectivity index is 1.45. The quantitative estimate of drug-likeness (QED) is 0.616. The first kappa shape index (κ1) is 19.7. The van der Waals surface area contributed by atoms with Gasteiger partial charge in [0.05, 0.1) is 13.2 Å². The standard InChI is InChI=1S/C26H30N2O/c1-29-25-14-8-13-23(19-25)26(22-11-6-3-7-12-22)28-17-15-24(16-18-28)27-20-21-9-4-2-5-10-21/h2-14,19,24,26-27H,15-18,20H2,1H3. The highest BCUT2D eigenvalue weighted by molar-refractivity contribution is 5.37. The lowest BCUT2D eigenvalue weighted by Crippen LogP contribution is -2.43. The van der Waals surface area contributed by atoms with Crippen molar-refractivity contribution in [2.75, 3.05) is 20.2 Å². The molecule has 1 N–H and O–H groups in total. The smallest absolute Gasteiger partial charge is 0.119 e. The van der Waals surface area contributed by atoms with Crippen LogP contribution in [0, 0.1) is 0 Å². The highest BCUT2D eigenvalue weighted by Gasteiger charge is 2.27. The fourth-order valence-corrected chi connectivity index (χ4v) is 4.28. The minimum atomic E-state index is 0.265. The zero-order valence-electron chi connectivity index (χ0n) is 17.1. The molecule has 3 heteroatoms. The van der Waals surface area contributed by atoms with Gasteiger partial charge in [-0.15, -0.1) is 0 Å². The van der Waals surface area contributed by atoms with Gasteiger partial charge in [-0.25, -0.2) is 0 Å². The number of methoxy groups -OCH3 is 1. The van der Waals surface area contributed by atoms with Gasteiger partial charge in [0.15, 0.2) is 0 Å². The molecule has 1 heterocycles. The highest BCUT2D eigenvalue weighted by atomic mass is 16.5. The van der Waals surface area contributed by atoms with E-state index in [1.54, 1.807) is 7.11 Å². The highest BCUT2D eigenvalue weighted by Crippen LogP contribution is 2.32. The fourth-order valence-electron chi connectivity index (χ4n) is 4.28. The largest absolute Gasteiger partial charge is 0.497 e. The van der Waals surface area contributed by atoms with Crippen molar-refractivity contribution in [3.8, 4) is 5.75 Å². The molecule has 1 aliphatic heterocycles. The van der Waals surface area contributed by atoms with Crippen molar-refractivity contribution in [3.05, 3.63) is 102 Å². The van der Waals surface area contributed by atoms with E-state index >= 15 is 0 Å². The first-order valence-corrected chi connectivity index (χ1v) is 10.5. The summed E-state index contributed by atoms with van der Waals surface area (Å²) in [5.74, 6) is 0.919. The van der Waals surface area contributed by atoms with Crippen LogP contribution in [0.4, 0.5) is 0 Å². The van der Waals surface area contributed by atoms with Crippen LogP contribution in [-0.2, 0) is 6.54 Å². The summed E-state index contributed by atoms with van der Waals surface area (Å²) in [4.78, 5) is 2.62. The third-order valence-corrected chi connectivity index (χ3v) is 5.86. The van der Waals surface area contributed by atoms with E-state index in [2.05, 4.69) is 89.1 Å². The third kappa shape index (κ3) is 5.06. The van der Waals surface area contributed by atoms with Crippen LogP contribution in [0.15, 0.2) is 84.9 Å². The molecule has 4 rings (SSSR count). The normalized spacial score (nSPS) is 16.4. The Bertz CT molecular complexity index is 873. The molecule has 0 aromatic heterocycles. The number of nitrogens with zero attached hydrogens (tertiary/aromatic N) is 1. The van der Waals surface area contributed by atoms with E-state index in [-0.39, 0.29) is 6.04 Å². The second-order valence-electron chi connectivity index (χ2n) is 7.77. The Kier molecular flexibility index (Phi) is 6.60. The fraction of sp³-hybridized carbons (Fsp3) is 0.308. The number of hydrogen-bond acceptors (Lipinski definition) is 3. The van der Waals surface area contributed by atoms with E-state index in [0.29, 0.717) is 6.04 Å². The van der Waals surface area contributed by atoms with Gasteiger partial charge in [-0.1, -0.05) is 72.8 Å².